The maximum Gasteiger partial charge on any atom is 0.136 e. The Morgan fingerprint density at radius 1 is 1.33 bits per heavy atom. The minimum atomic E-state index is -0.595. The summed E-state index contributed by atoms with van der Waals surface area (Å²) in [6.45, 7) is 3.09. The van der Waals surface area contributed by atoms with Crippen molar-refractivity contribution in [2.75, 3.05) is 25.1 Å². The van der Waals surface area contributed by atoms with Crippen LogP contribution >= 0.6 is 0 Å². The highest BCUT2D eigenvalue weighted by Crippen LogP contribution is 2.33. The van der Waals surface area contributed by atoms with Crippen LogP contribution in [-0.4, -0.2) is 35.9 Å². The van der Waals surface area contributed by atoms with Gasteiger partial charge in [-0.3, -0.25) is 0 Å². The molecule has 2 heterocycles. The molecule has 0 aliphatic carbocycles. The third-order valence-corrected chi connectivity index (χ3v) is 3.31. The molecule has 94 valence electrons. The molecule has 3 rings (SSSR count). The molecule has 1 aliphatic rings. The van der Waals surface area contributed by atoms with Crippen molar-refractivity contribution in [1.29, 1.82) is 0 Å². The largest absolute Gasteiger partial charge is 0.497 e. The van der Waals surface area contributed by atoms with Gasteiger partial charge in [-0.05, 0) is 30.5 Å². The Balaban J connectivity index is 2.06. The maximum absolute atomic E-state index is 9.82. The molecule has 0 amide bonds. The molecular formula is C14H16N2O2. The van der Waals surface area contributed by atoms with E-state index in [1.165, 1.54) is 0 Å². The monoisotopic (exact) mass is 244 g/mol. The summed E-state index contributed by atoms with van der Waals surface area (Å²) in [7, 11) is 1.66. The summed E-state index contributed by atoms with van der Waals surface area (Å²) in [5, 5.41) is 12.0. The molecule has 1 N–H and O–H groups in total. The molecule has 1 saturated heterocycles. The molecule has 0 radical (unpaired) electrons. The van der Waals surface area contributed by atoms with E-state index in [-0.39, 0.29) is 0 Å². The summed E-state index contributed by atoms with van der Waals surface area (Å²) in [6, 6.07) is 7.94. The minimum absolute atomic E-state index is 0.595. The average Bonchev–Trinajstić information content (AvgIpc) is 2.34. The van der Waals surface area contributed by atoms with Gasteiger partial charge >= 0.3 is 0 Å². The first-order valence-electron chi connectivity index (χ1n) is 5.99. The predicted octanol–water partition coefficient (Wildman–Crippen LogP) is 1.81. The summed E-state index contributed by atoms with van der Waals surface area (Å²) in [6.07, 6.45) is 1.80. The van der Waals surface area contributed by atoms with Gasteiger partial charge in [0.25, 0.3) is 0 Å². The Hall–Kier alpha value is -1.81. The standard InChI is InChI=1S/C14H16N2O2/c1-14(17)8-16(9-14)13-12-7-11(18-2)4-3-10(12)5-6-15-13/h3-7,17H,8-9H2,1-2H3. The molecule has 1 aromatic heterocycles. The first-order valence-corrected chi connectivity index (χ1v) is 5.99. The second-order valence-corrected chi connectivity index (χ2v) is 5.07. The summed E-state index contributed by atoms with van der Waals surface area (Å²) >= 11 is 0. The first-order chi connectivity index (χ1) is 8.59. The molecule has 2 aromatic rings. The number of hydrogen-bond acceptors (Lipinski definition) is 4. The summed E-state index contributed by atoms with van der Waals surface area (Å²) in [5.74, 6) is 1.74. The fourth-order valence-corrected chi connectivity index (χ4v) is 2.44. The van der Waals surface area contributed by atoms with E-state index in [2.05, 4.69) is 9.88 Å². The third-order valence-electron chi connectivity index (χ3n) is 3.31. The minimum Gasteiger partial charge on any atom is -0.497 e. The third kappa shape index (κ3) is 1.78. The second kappa shape index (κ2) is 3.85. The van der Waals surface area contributed by atoms with Crippen molar-refractivity contribution in [3.8, 4) is 5.75 Å². The predicted molar refractivity (Wildman–Crippen MR) is 71.1 cm³/mol. The number of benzene rings is 1. The van der Waals surface area contributed by atoms with Crippen LogP contribution in [0, 0.1) is 0 Å². The van der Waals surface area contributed by atoms with E-state index in [4.69, 9.17) is 4.74 Å². The van der Waals surface area contributed by atoms with Crippen LogP contribution in [-0.2, 0) is 0 Å². The Kier molecular flexibility index (Phi) is 2.41. The van der Waals surface area contributed by atoms with Gasteiger partial charge in [0.1, 0.15) is 11.6 Å². The van der Waals surface area contributed by atoms with E-state index in [1.54, 1.807) is 13.3 Å². The fraction of sp³-hybridized carbons (Fsp3) is 0.357. The SMILES string of the molecule is COc1ccc2ccnc(N3CC(C)(O)C3)c2c1. The number of ether oxygens (including phenoxy) is 1. The van der Waals surface area contributed by atoms with Crippen molar-refractivity contribution in [2.24, 2.45) is 0 Å². The lowest BCUT2D eigenvalue weighted by molar-refractivity contribution is 0.0307. The number of methoxy groups -OCH3 is 1. The lowest BCUT2D eigenvalue weighted by Gasteiger charge is -2.45. The van der Waals surface area contributed by atoms with Crippen molar-refractivity contribution in [3.05, 3.63) is 30.5 Å². The van der Waals surface area contributed by atoms with Crippen molar-refractivity contribution in [2.45, 2.75) is 12.5 Å². The summed E-state index contributed by atoms with van der Waals surface area (Å²) in [5.41, 5.74) is -0.595. The van der Waals surface area contributed by atoms with Gasteiger partial charge in [-0.15, -0.1) is 0 Å². The molecule has 0 atom stereocenters. The Labute approximate surface area is 106 Å². The zero-order valence-electron chi connectivity index (χ0n) is 10.6. The molecule has 1 aromatic carbocycles. The number of aromatic nitrogens is 1. The van der Waals surface area contributed by atoms with E-state index in [0.717, 1.165) is 22.3 Å². The smallest absolute Gasteiger partial charge is 0.136 e. The van der Waals surface area contributed by atoms with Gasteiger partial charge in [0.15, 0.2) is 0 Å². The molecule has 0 spiro atoms. The van der Waals surface area contributed by atoms with Crippen LogP contribution in [0.5, 0.6) is 5.75 Å². The van der Waals surface area contributed by atoms with Crippen LogP contribution in [0.25, 0.3) is 10.8 Å². The van der Waals surface area contributed by atoms with Crippen molar-refractivity contribution < 1.29 is 9.84 Å². The molecule has 0 bridgehead atoms. The summed E-state index contributed by atoms with van der Waals surface area (Å²) in [4.78, 5) is 6.51. The second-order valence-electron chi connectivity index (χ2n) is 5.07. The Bertz CT molecular complexity index is 587. The van der Waals surface area contributed by atoms with E-state index < -0.39 is 5.60 Å². The number of nitrogens with zero attached hydrogens (tertiary/aromatic N) is 2. The van der Waals surface area contributed by atoms with E-state index in [9.17, 15) is 5.11 Å². The van der Waals surface area contributed by atoms with Crippen LogP contribution < -0.4 is 9.64 Å². The number of rotatable bonds is 2. The van der Waals surface area contributed by atoms with Gasteiger partial charge in [-0.25, -0.2) is 4.98 Å². The topological polar surface area (TPSA) is 45.6 Å². The molecular weight excluding hydrogens is 228 g/mol. The van der Waals surface area contributed by atoms with Crippen LogP contribution in [0.15, 0.2) is 30.5 Å². The van der Waals surface area contributed by atoms with E-state index in [1.807, 2.05) is 31.2 Å². The van der Waals surface area contributed by atoms with Gasteiger partial charge < -0.3 is 14.7 Å². The molecule has 0 unspecified atom stereocenters. The van der Waals surface area contributed by atoms with Gasteiger partial charge in [-0.1, -0.05) is 6.07 Å². The van der Waals surface area contributed by atoms with Crippen molar-refractivity contribution >= 4 is 16.6 Å². The van der Waals surface area contributed by atoms with Crippen LogP contribution in [0.3, 0.4) is 0 Å². The number of hydrogen-bond donors (Lipinski definition) is 1. The summed E-state index contributed by atoms with van der Waals surface area (Å²) < 4.78 is 5.25. The lowest BCUT2D eigenvalue weighted by atomic mass is 9.96. The first kappa shape index (κ1) is 11.3. The number of fused-ring (bicyclic) bond motifs is 1. The normalized spacial score (nSPS) is 17.6. The number of aliphatic hydroxyl groups is 1. The highest BCUT2D eigenvalue weighted by atomic mass is 16.5. The molecule has 4 heteroatoms. The van der Waals surface area contributed by atoms with Gasteiger partial charge in [0, 0.05) is 24.7 Å². The van der Waals surface area contributed by atoms with Crippen LogP contribution in [0.1, 0.15) is 6.92 Å². The zero-order valence-corrected chi connectivity index (χ0v) is 10.6. The highest BCUT2D eigenvalue weighted by molar-refractivity contribution is 5.93. The van der Waals surface area contributed by atoms with Crippen LogP contribution in [0.4, 0.5) is 5.82 Å². The van der Waals surface area contributed by atoms with Gasteiger partial charge in [-0.2, -0.15) is 0 Å². The zero-order chi connectivity index (χ0) is 12.8. The molecule has 4 nitrogen and oxygen atoms in total. The van der Waals surface area contributed by atoms with E-state index >= 15 is 0 Å². The maximum atomic E-state index is 9.82. The van der Waals surface area contributed by atoms with Gasteiger partial charge in [0.2, 0.25) is 0 Å². The number of pyridine rings is 1. The number of β-amino-alcohol motifs (C(OH)–C–C–N with tert-alkyl or cyclic N) is 1. The van der Waals surface area contributed by atoms with E-state index in [0.29, 0.717) is 13.1 Å². The average molecular weight is 244 g/mol. The quantitative estimate of drug-likeness (QED) is 0.875. The Morgan fingerprint density at radius 2 is 2.11 bits per heavy atom. The molecule has 1 fully saturated rings. The molecule has 18 heavy (non-hydrogen) atoms. The molecule has 0 saturated carbocycles. The van der Waals surface area contributed by atoms with Crippen molar-refractivity contribution in [1.82, 2.24) is 4.98 Å². The highest BCUT2D eigenvalue weighted by Gasteiger charge is 2.37. The number of anilines is 1. The fourth-order valence-electron chi connectivity index (χ4n) is 2.44. The Morgan fingerprint density at radius 3 is 2.78 bits per heavy atom. The van der Waals surface area contributed by atoms with Gasteiger partial charge in [0.05, 0.1) is 12.7 Å². The van der Waals surface area contributed by atoms with Crippen LogP contribution in [0.2, 0.25) is 0 Å². The lowest BCUT2D eigenvalue weighted by Crippen LogP contribution is -2.60. The van der Waals surface area contributed by atoms with Crippen molar-refractivity contribution in [3.63, 3.8) is 0 Å². The molecule has 1 aliphatic heterocycles.